The Balaban J connectivity index is 1.56. The summed E-state index contributed by atoms with van der Waals surface area (Å²) in [7, 11) is 0. The van der Waals surface area contributed by atoms with Crippen molar-refractivity contribution in [2.24, 2.45) is 17.8 Å². The average molecular weight is 396 g/mol. The van der Waals surface area contributed by atoms with Crippen molar-refractivity contribution >= 4 is 23.1 Å². The minimum atomic E-state index is -0.518. The summed E-state index contributed by atoms with van der Waals surface area (Å²) in [4.78, 5) is 31.7. The van der Waals surface area contributed by atoms with Gasteiger partial charge in [0.2, 0.25) is 12.7 Å². The van der Waals surface area contributed by atoms with Crippen molar-refractivity contribution in [2.45, 2.75) is 38.8 Å². The summed E-state index contributed by atoms with van der Waals surface area (Å²) in [6.45, 7) is 2.57. The zero-order valence-electron chi connectivity index (χ0n) is 16.3. The quantitative estimate of drug-likeness (QED) is 0.782. The number of ether oxygens (including phenoxy) is 2. The predicted molar refractivity (Wildman–Crippen MR) is 104 cm³/mol. The first-order valence-electron chi connectivity index (χ1n) is 10.2. The molecule has 7 nitrogen and oxygen atoms in total. The topological polar surface area (TPSA) is 89.0 Å². The summed E-state index contributed by atoms with van der Waals surface area (Å²) in [5, 5.41) is 10.7. The molecule has 1 fully saturated rings. The zero-order valence-corrected chi connectivity index (χ0v) is 16.3. The maximum absolute atomic E-state index is 13.3. The maximum Gasteiger partial charge on any atom is 0.231 e. The number of nitrogens with zero attached hydrogens (tertiary/aromatic N) is 2. The largest absolute Gasteiger partial charge is 0.454 e. The zero-order chi connectivity index (χ0) is 20.1. The van der Waals surface area contributed by atoms with E-state index in [-0.39, 0.29) is 37.2 Å². The second kappa shape index (κ2) is 6.99. The number of pyridine rings is 1. The van der Waals surface area contributed by atoms with E-state index >= 15 is 0 Å². The highest BCUT2D eigenvalue weighted by Gasteiger charge is 2.48. The summed E-state index contributed by atoms with van der Waals surface area (Å²) in [5.41, 5.74) is 2.74. The molecule has 1 saturated heterocycles. The fourth-order valence-corrected chi connectivity index (χ4v) is 5.17. The van der Waals surface area contributed by atoms with Crippen molar-refractivity contribution in [1.29, 1.82) is 0 Å². The Morgan fingerprint density at radius 2 is 2.10 bits per heavy atom. The van der Waals surface area contributed by atoms with E-state index in [0.717, 1.165) is 41.3 Å². The molecule has 4 unspecified atom stereocenters. The summed E-state index contributed by atoms with van der Waals surface area (Å²) >= 11 is 0. The van der Waals surface area contributed by atoms with Crippen LogP contribution in [0.4, 0.5) is 0 Å². The van der Waals surface area contributed by atoms with Crippen molar-refractivity contribution in [3.8, 4) is 11.5 Å². The van der Waals surface area contributed by atoms with Crippen LogP contribution in [0.3, 0.4) is 0 Å². The van der Waals surface area contributed by atoms with Crippen LogP contribution < -0.4 is 9.47 Å². The van der Waals surface area contributed by atoms with Crippen LogP contribution in [0, 0.1) is 17.8 Å². The van der Waals surface area contributed by atoms with Gasteiger partial charge in [-0.3, -0.25) is 9.78 Å². The Morgan fingerprint density at radius 3 is 2.83 bits per heavy atom. The molecule has 152 valence electrons. The lowest BCUT2D eigenvalue weighted by atomic mass is 9.72. The van der Waals surface area contributed by atoms with Gasteiger partial charge in [-0.15, -0.1) is 0 Å². The van der Waals surface area contributed by atoms with Crippen molar-refractivity contribution in [1.82, 2.24) is 9.88 Å². The van der Waals surface area contributed by atoms with Gasteiger partial charge in [0.25, 0.3) is 0 Å². The number of benzene rings is 1. The second-order valence-corrected chi connectivity index (χ2v) is 8.19. The van der Waals surface area contributed by atoms with E-state index in [2.05, 4.69) is 6.07 Å². The summed E-state index contributed by atoms with van der Waals surface area (Å²) in [5.74, 6) is 0.563. The van der Waals surface area contributed by atoms with Crippen LogP contribution in [0.2, 0.25) is 0 Å². The smallest absolute Gasteiger partial charge is 0.231 e. The number of hydrogen-bond donors (Lipinski definition) is 1. The predicted octanol–water partition coefficient (Wildman–Crippen LogP) is 2.59. The van der Waals surface area contributed by atoms with Gasteiger partial charge < -0.3 is 24.3 Å². The Kier molecular flexibility index (Phi) is 4.42. The number of carbonyl (C=O) groups is 2. The molecule has 29 heavy (non-hydrogen) atoms. The molecule has 2 aromatic rings. The molecule has 4 heterocycles. The van der Waals surface area contributed by atoms with Crippen LogP contribution in [0.1, 0.15) is 43.5 Å². The number of aromatic nitrogens is 1. The van der Waals surface area contributed by atoms with Crippen LogP contribution in [-0.2, 0) is 16.1 Å². The van der Waals surface area contributed by atoms with Crippen molar-refractivity contribution in [3.63, 3.8) is 0 Å². The van der Waals surface area contributed by atoms with Crippen LogP contribution in [0.5, 0.6) is 11.5 Å². The Morgan fingerprint density at radius 1 is 1.31 bits per heavy atom. The molecule has 1 N–H and O–H groups in total. The number of aldehydes is 1. The normalized spacial score (nSPS) is 25.8. The van der Waals surface area contributed by atoms with E-state index in [1.807, 2.05) is 24.0 Å². The van der Waals surface area contributed by atoms with Gasteiger partial charge in [-0.1, -0.05) is 13.3 Å². The molecular formula is C22H24N2O5. The first kappa shape index (κ1) is 18.4. The third-order valence-electron chi connectivity index (χ3n) is 6.60. The van der Waals surface area contributed by atoms with Crippen LogP contribution >= 0.6 is 0 Å². The molecule has 0 bridgehead atoms. The van der Waals surface area contributed by atoms with Crippen LogP contribution in [0.15, 0.2) is 18.2 Å². The van der Waals surface area contributed by atoms with Gasteiger partial charge in [-0.2, -0.15) is 0 Å². The molecule has 3 aliphatic rings. The molecule has 1 aromatic carbocycles. The standard InChI is InChI=1S/C22H24N2O5/c1-2-3-15-16(14(9-25)10-26)6-18-21-13(8-24(18)22(15)27)4-12-5-19-20(29-11-28-19)7-17(12)23-21/h4-5,7,9,14-16,18,26H,2-3,6,8,10-11H2,1H3. The van der Waals surface area contributed by atoms with E-state index in [9.17, 15) is 14.7 Å². The van der Waals surface area contributed by atoms with Crippen molar-refractivity contribution in [3.05, 3.63) is 29.5 Å². The lowest BCUT2D eigenvalue weighted by Gasteiger charge is -2.41. The number of amides is 1. The molecular weight excluding hydrogens is 372 g/mol. The Hall–Kier alpha value is -2.67. The monoisotopic (exact) mass is 396 g/mol. The number of piperidine rings is 1. The average Bonchev–Trinajstić information content (AvgIpc) is 3.32. The number of rotatable bonds is 5. The number of fused-ring (bicyclic) bond motifs is 5. The number of aliphatic hydroxyl groups excluding tert-OH is 1. The van der Waals surface area contributed by atoms with Gasteiger partial charge in [0.15, 0.2) is 11.5 Å². The van der Waals surface area contributed by atoms with Gasteiger partial charge in [-0.25, -0.2) is 0 Å². The Labute approximate surface area is 168 Å². The molecule has 3 aliphatic heterocycles. The molecule has 0 saturated carbocycles. The third kappa shape index (κ3) is 2.79. The fraction of sp³-hybridized carbons (Fsp3) is 0.500. The number of aliphatic hydroxyl groups is 1. The minimum absolute atomic E-state index is 0.0737. The molecule has 1 amide bonds. The number of hydrogen-bond acceptors (Lipinski definition) is 6. The lowest BCUT2D eigenvalue weighted by Crippen LogP contribution is -2.47. The maximum atomic E-state index is 13.3. The van der Waals surface area contributed by atoms with E-state index in [1.54, 1.807) is 0 Å². The van der Waals surface area contributed by atoms with E-state index in [1.165, 1.54) is 0 Å². The highest BCUT2D eigenvalue weighted by Crippen LogP contribution is 2.48. The van der Waals surface area contributed by atoms with E-state index < -0.39 is 5.92 Å². The van der Waals surface area contributed by atoms with E-state index in [0.29, 0.717) is 24.5 Å². The highest BCUT2D eigenvalue weighted by atomic mass is 16.7. The van der Waals surface area contributed by atoms with E-state index in [4.69, 9.17) is 14.5 Å². The highest BCUT2D eigenvalue weighted by molar-refractivity contribution is 5.86. The first-order chi connectivity index (χ1) is 14.1. The molecule has 7 heteroatoms. The molecule has 4 atom stereocenters. The summed E-state index contributed by atoms with van der Waals surface area (Å²) in [6.07, 6.45) is 3.05. The molecule has 0 aliphatic carbocycles. The van der Waals surface area contributed by atoms with Crippen LogP contribution in [-0.4, -0.2) is 40.6 Å². The fourth-order valence-electron chi connectivity index (χ4n) is 5.17. The van der Waals surface area contributed by atoms with Crippen molar-refractivity contribution < 1.29 is 24.2 Å². The molecule has 1 aromatic heterocycles. The molecule has 0 radical (unpaired) electrons. The van der Waals surface area contributed by atoms with Gasteiger partial charge in [0.1, 0.15) is 6.29 Å². The summed E-state index contributed by atoms with van der Waals surface area (Å²) in [6, 6.07) is 5.74. The van der Waals surface area contributed by atoms with Gasteiger partial charge >= 0.3 is 0 Å². The molecule has 5 rings (SSSR count). The number of carbonyl (C=O) groups excluding carboxylic acids is 2. The Bertz CT molecular complexity index is 991. The van der Waals surface area contributed by atoms with Gasteiger partial charge in [-0.05, 0) is 36.5 Å². The lowest BCUT2D eigenvalue weighted by molar-refractivity contribution is -0.148. The first-order valence-corrected chi connectivity index (χ1v) is 10.2. The van der Waals surface area contributed by atoms with Crippen molar-refractivity contribution in [2.75, 3.05) is 13.4 Å². The second-order valence-electron chi connectivity index (χ2n) is 8.19. The SMILES string of the molecule is CCCC1C(=O)N2Cc3cc4cc5c(cc4nc3C2CC1C(C=O)CO)OCO5. The van der Waals surface area contributed by atoms with Gasteiger partial charge in [0.05, 0.1) is 23.9 Å². The third-order valence-corrected chi connectivity index (χ3v) is 6.60. The summed E-state index contributed by atoms with van der Waals surface area (Å²) < 4.78 is 10.9. The van der Waals surface area contributed by atoms with Crippen LogP contribution in [0.25, 0.3) is 10.9 Å². The molecule has 0 spiro atoms. The van der Waals surface area contributed by atoms with Gasteiger partial charge in [0, 0.05) is 29.8 Å². The minimum Gasteiger partial charge on any atom is -0.454 e.